The highest BCUT2D eigenvalue weighted by atomic mass is 15.2. The molecule has 0 bridgehead atoms. The smallest absolute Gasteiger partial charge is 0.0682 e. The quantitative estimate of drug-likeness (QED) is 0.746. The van der Waals surface area contributed by atoms with Crippen LogP contribution in [0.15, 0.2) is 30.6 Å². The molecule has 1 fully saturated rings. The van der Waals surface area contributed by atoms with Crippen molar-refractivity contribution in [3.8, 4) is 0 Å². The molecule has 0 unspecified atom stereocenters. The first-order valence-corrected chi connectivity index (χ1v) is 5.27. The summed E-state index contributed by atoms with van der Waals surface area (Å²) in [5.41, 5.74) is 8.27. The lowest BCUT2D eigenvalue weighted by atomic mass is 10.3. The van der Waals surface area contributed by atoms with Gasteiger partial charge >= 0.3 is 0 Å². The molecule has 1 aliphatic rings. The number of nitrogens with two attached hydrogens (primary N) is 1. The minimum atomic E-state index is 0.325. The van der Waals surface area contributed by atoms with Gasteiger partial charge in [0, 0.05) is 37.2 Å². The van der Waals surface area contributed by atoms with E-state index >= 15 is 0 Å². The molecule has 0 aromatic carbocycles. The normalized spacial score (nSPS) is 21.4. The fraction of sp³-hybridized carbons (Fsp3) is 0.364. The first-order valence-electron chi connectivity index (χ1n) is 5.27. The molecule has 0 saturated carbocycles. The van der Waals surface area contributed by atoms with Gasteiger partial charge in [-0.1, -0.05) is 0 Å². The molecule has 2 N–H and O–H groups in total. The highest BCUT2D eigenvalue weighted by molar-refractivity contribution is 5.59. The summed E-state index contributed by atoms with van der Waals surface area (Å²) >= 11 is 0. The van der Waals surface area contributed by atoms with Crippen LogP contribution in [-0.2, 0) is 0 Å². The highest BCUT2D eigenvalue weighted by Gasteiger charge is 2.19. The van der Waals surface area contributed by atoms with Crippen LogP contribution in [0.1, 0.15) is 6.42 Å². The van der Waals surface area contributed by atoms with Crippen LogP contribution in [0.2, 0.25) is 0 Å². The van der Waals surface area contributed by atoms with Crippen molar-refractivity contribution in [3.05, 3.63) is 30.6 Å². The fourth-order valence-corrected chi connectivity index (χ4v) is 2.13. The van der Waals surface area contributed by atoms with Crippen molar-refractivity contribution < 1.29 is 0 Å². The van der Waals surface area contributed by atoms with Gasteiger partial charge in [0.1, 0.15) is 0 Å². The van der Waals surface area contributed by atoms with E-state index < -0.39 is 0 Å². The fourth-order valence-electron chi connectivity index (χ4n) is 2.13. The lowest BCUT2D eigenvalue weighted by molar-refractivity contribution is 0.752. The van der Waals surface area contributed by atoms with Crippen molar-refractivity contribution >= 4 is 11.2 Å². The maximum Gasteiger partial charge on any atom is 0.0682 e. The van der Waals surface area contributed by atoms with E-state index in [0.717, 1.165) is 25.0 Å². The molecular weight excluding hydrogens is 188 g/mol. The van der Waals surface area contributed by atoms with Gasteiger partial charge in [-0.2, -0.15) is 5.10 Å². The van der Waals surface area contributed by atoms with Gasteiger partial charge in [0.05, 0.1) is 5.52 Å². The summed E-state index contributed by atoms with van der Waals surface area (Å²) in [7, 11) is 0. The number of anilines is 1. The topological polar surface area (TPSA) is 46.6 Å². The van der Waals surface area contributed by atoms with Crippen LogP contribution in [0.3, 0.4) is 0 Å². The number of aromatic nitrogens is 2. The van der Waals surface area contributed by atoms with Gasteiger partial charge < -0.3 is 10.6 Å². The Morgan fingerprint density at radius 3 is 3.13 bits per heavy atom. The lowest BCUT2D eigenvalue weighted by Crippen LogP contribution is -2.26. The van der Waals surface area contributed by atoms with Gasteiger partial charge in [-0.3, -0.25) is 0 Å². The van der Waals surface area contributed by atoms with Gasteiger partial charge in [0.2, 0.25) is 0 Å². The van der Waals surface area contributed by atoms with Crippen molar-refractivity contribution in [2.75, 3.05) is 18.0 Å². The van der Waals surface area contributed by atoms with Crippen molar-refractivity contribution in [1.29, 1.82) is 0 Å². The largest absolute Gasteiger partial charge is 0.370 e. The van der Waals surface area contributed by atoms with Gasteiger partial charge in [0.15, 0.2) is 0 Å². The first-order chi connectivity index (χ1) is 7.33. The second kappa shape index (κ2) is 3.24. The Kier molecular flexibility index (Phi) is 1.89. The summed E-state index contributed by atoms with van der Waals surface area (Å²) in [6.07, 6.45) is 4.90. The van der Waals surface area contributed by atoms with E-state index in [1.54, 1.807) is 0 Å². The van der Waals surface area contributed by atoms with E-state index in [1.807, 2.05) is 23.0 Å². The Morgan fingerprint density at radius 2 is 2.33 bits per heavy atom. The molecule has 3 rings (SSSR count). The lowest BCUT2D eigenvalue weighted by Gasteiger charge is -2.17. The molecule has 4 heteroatoms. The highest BCUT2D eigenvalue weighted by Crippen LogP contribution is 2.20. The molecule has 4 nitrogen and oxygen atoms in total. The Labute approximate surface area is 88.3 Å². The van der Waals surface area contributed by atoms with Gasteiger partial charge in [0.25, 0.3) is 0 Å². The third-order valence-corrected chi connectivity index (χ3v) is 2.97. The first kappa shape index (κ1) is 8.73. The minimum Gasteiger partial charge on any atom is -0.370 e. The summed E-state index contributed by atoms with van der Waals surface area (Å²) in [6, 6.07) is 6.59. The van der Waals surface area contributed by atoms with Crippen LogP contribution in [0.4, 0.5) is 5.69 Å². The maximum absolute atomic E-state index is 5.90. The van der Waals surface area contributed by atoms with Crippen LogP contribution >= 0.6 is 0 Å². The van der Waals surface area contributed by atoms with Crippen LogP contribution in [0.5, 0.6) is 0 Å². The summed E-state index contributed by atoms with van der Waals surface area (Å²) in [4.78, 5) is 2.33. The van der Waals surface area contributed by atoms with Crippen molar-refractivity contribution in [3.63, 3.8) is 0 Å². The average molecular weight is 202 g/mol. The molecule has 3 heterocycles. The molecule has 1 saturated heterocycles. The van der Waals surface area contributed by atoms with Gasteiger partial charge in [-0.05, 0) is 24.6 Å². The molecule has 1 aliphatic heterocycles. The minimum absolute atomic E-state index is 0.325. The molecule has 0 amide bonds. The summed E-state index contributed by atoms with van der Waals surface area (Å²) in [6.45, 7) is 2.02. The standard InChI is InChI=1S/C11H14N4/c12-9-2-5-14(8-9)10-3-6-15-11(7-10)1-4-13-15/h1,3-4,6-7,9H,2,5,8,12H2/t9-/m1/s1. The van der Waals surface area contributed by atoms with Gasteiger partial charge in [-0.15, -0.1) is 0 Å². The molecule has 2 aromatic heterocycles. The van der Waals surface area contributed by atoms with Gasteiger partial charge in [-0.25, -0.2) is 4.52 Å². The Morgan fingerprint density at radius 1 is 1.40 bits per heavy atom. The number of hydrogen-bond acceptors (Lipinski definition) is 3. The van der Waals surface area contributed by atoms with E-state index in [4.69, 9.17) is 5.73 Å². The Hall–Kier alpha value is -1.55. The second-order valence-corrected chi connectivity index (χ2v) is 4.08. The number of rotatable bonds is 1. The molecule has 15 heavy (non-hydrogen) atoms. The van der Waals surface area contributed by atoms with E-state index in [9.17, 15) is 0 Å². The third kappa shape index (κ3) is 1.47. The SMILES string of the molecule is N[C@@H]1CCN(c2ccn3nccc3c2)C1. The molecule has 78 valence electrons. The zero-order valence-electron chi connectivity index (χ0n) is 8.50. The number of fused-ring (bicyclic) bond motifs is 1. The maximum atomic E-state index is 5.90. The Balaban J connectivity index is 1.97. The van der Waals surface area contributed by atoms with E-state index in [-0.39, 0.29) is 0 Å². The van der Waals surface area contributed by atoms with Crippen molar-refractivity contribution in [1.82, 2.24) is 9.61 Å². The van der Waals surface area contributed by atoms with E-state index in [2.05, 4.69) is 22.1 Å². The van der Waals surface area contributed by atoms with Crippen LogP contribution < -0.4 is 10.6 Å². The molecule has 0 aliphatic carbocycles. The summed E-state index contributed by atoms with van der Waals surface area (Å²) in [5.74, 6) is 0. The predicted molar refractivity (Wildman–Crippen MR) is 60.0 cm³/mol. The predicted octanol–water partition coefficient (Wildman–Crippen LogP) is 0.872. The average Bonchev–Trinajstić information content (AvgIpc) is 2.84. The van der Waals surface area contributed by atoms with Crippen LogP contribution in [0.25, 0.3) is 5.52 Å². The molecule has 2 aromatic rings. The summed E-state index contributed by atoms with van der Waals surface area (Å²) < 4.78 is 1.87. The zero-order valence-corrected chi connectivity index (χ0v) is 8.50. The molecular formula is C11H14N4. The third-order valence-electron chi connectivity index (χ3n) is 2.97. The monoisotopic (exact) mass is 202 g/mol. The van der Waals surface area contributed by atoms with Crippen molar-refractivity contribution in [2.24, 2.45) is 5.73 Å². The molecule has 1 atom stereocenters. The van der Waals surface area contributed by atoms with Crippen LogP contribution in [0, 0.1) is 0 Å². The molecule has 0 spiro atoms. The molecule has 0 radical (unpaired) electrons. The van der Waals surface area contributed by atoms with E-state index in [1.165, 1.54) is 5.69 Å². The zero-order chi connectivity index (χ0) is 10.3. The number of nitrogens with zero attached hydrogens (tertiary/aromatic N) is 3. The van der Waals surface area contributed by atoms with Crippen molar-refractivity contribution in [2.45, 2.75) is 12.5 Å². The van der Waals surface area contributed by atoms with E-state index in [0.29, 0.717) is 6.04 Å². The summed E-state index contributed by atoms with van der Waals surface area (Å²) in [5, 5.41) is 4.17. The van der Waals surface area contributed by atoms with Crippen LogP contribution in [-0.4, -0.2) is 28.7 Å². The second-order valence-electron chi connectivity index (χ2n) is 4.08. The number of hydrogen-bond donors (Lipinski definition) is 1. The number of pyridine rings is 1. The Bertz CT molecular complexity index is 476.